The van der Waals surface area contributed by atoms with Crippen molar-refractivity contribution in [3.05, 3.63) is 47.9 Å². The standard InChI is InChI=1S/C21H26N2O5/c1-14(25)23-13-17(16-7-3-4-8-18(16)23)15-11-19(21(26)22-2)28-20(12-15)27-10-6-5-9-24/h3-4,7-8,11,13,15,20,24H,5-6,9-10,12H2,1-2H3,(H,22,26)/t15-,20+/m0/s1. The SMILES string of the molecule is CNC(=O)C1=C[C@H](c2cn(C(C)=O)c3ccccc23)C[C@H](OCCCCO)O1. The minimum atomic E-state index is -0.569. The maximum atomic E-state index is 12.2. The maximum Gasteiger partial charge on any atom is 0.285 e. The first-order chi connectivity index (χ1) is 13.5. The van der Waals surface area contributed by atoms with Crippen LogP contribution in [-0.4, -0.2) is 48.0 Å². The van der Waals surface area contributed by atoms with Gasteiger partial charge in [0.05, 0.1) is 12.1 Å². The fourth-order valence-corrected chi connectivity index (χ4v) is 3.45. The van der Waals surface area contributed by atoms with Crippen molar-refractivity contribution in [2.24, 2.45) is 0 Å². The molecule has 0 bridgehead atoms. The second-order valence-corrected chi connectivity index (χ2v) is 6.79. The molecule has 150 valence electrons. The number of unbranched alkanes of at least 4 members (excludes halogenated alkanes) is 1. The molecule has 0 saturated heterocycles. The molecule has 3 rings (SSSR count). The van der Waals surface area contributed by atoms with Crippen molar-refractivity contribution in [3.8, 4) is 0 Å². The number of benzene rings is 1. The van der Waals surface area contributed by atoms with E-state index in [0.717, 1.165) is 16.5 Å². The predicted molar refractivity (Wildman–Crippen MR) is 105 cm³/mol. The largest absolute Gasteiger partial charge is 0.459 e. The second kappa shape index (κ2) is 9.03. The molecular formula is C21H26N2O5. The predicted octanol–water partition coefficient (Wildman–Crippen LogP) is 2.55. The van der Waals surface area contributed by atoms with Crippen LogP contribution in [0.3, 0.4) is 0 Å². The van der Waals surface area contributed by atoms with Crippen molar-refractivity contribution in [1.82, 2.24) is 9.88 Å². The van der Waals surface area contributed by atoms with Gasteiger partial charge in [-0.05, 0) is 30.5 Å². The number of nitrogens with zero attached hydrogens (tertiary/aromatic N) is 1. The lowest BCUT2D eigenvalue weighted by Crippen LogP contribution is -2.31. The highest BCUT2D eigenvalue weighted by molar-refractivity contribution is 5.95. The third-order valence-corrected chi connectivity index (χ3v) is 4.85. The number of carbonyl (C=O) groups excluding carboxylic acids is 2. The Morgan fingerprint density at radius 1 is 1.32 bits per heavy atom. The first kappa shape index (κ1) is 20.1. The number of likely N-dealkylation sites (N-methyl/N-ethyl adjacent to an activating group) is 1. The highest BCUT2D eigenvalue weighted by Crippen LogP contribution is 2.36. The number of rotatable bonds is 7. The van der Waals surface area contributed by atoms with Gasteiger partial charge in [0, 0.05) is 44.5 Å². The molecule has 7 heteroatoms. The highest BCUT2D eigenvalue weighted by atomic mass is 16.7. The van der Waals surface area contributed by atoms with Gasteiger partial charge in [-0.25, -0.2) is 0 Å². The summed E-state index contributed by atoms with van der Waals surface area (Å²) in [6.45, 7) is 2.08. The fraction of sp³-hybridized carbons (Fsp3) is 0.429. The number of fused-ring (bicyclic) bond motifs is 1. The minimum Gasteiger partial charge on any atom is -0.459 e. The van der Waals surface area contributed by atoms with E-state index in [1.807, 2.05) is 30.5 Å². The van der Waals surface area contributed by atoms with Crippen LogP contribution in [0.4, 0.5) is 0 Å². The monoisotopic (exact) mass is 386 g/mol. The Bertz CT molecular complexity index is 886. The zero-order valence-corrected chi connectivity index (χ0v) is 16.2. The van der Waals surface area contributed by atoms with Crippen LogP contribution in [0.25, 0.3) is 10.9 Å². The number of hydrogen-bond donors (Lipinski definition) is 2. The summed E-state index contributed by atoms with van der Waals surface area (Å²) in [7, 11) is 1.55. The molecule has 0 spiro atoms. The smallest absolute Gasteiger partial charge is 0.285 e. The normalized spacial score (nSPS) is 19.2. The molecule has 1 aliphatic heterocycles. The van der Waals surface area contributed by atoms with Gasteiger partial charge < -0.3 is 19.9 Å². The lowest BCUT2D eigenvalue weighted by atomic mass is 9.92. The van der Waals surface area contributed by atoms with Crippen molar-refractivity contribution in [1.29, 1.82) is 0 Å². The molecule has 1 aromatic heterocycles. The Balaban J connectivity index is 1.93. The van der Waals surface area contributed by atoms with Crippen LogP contribution in [-0.2, 0) is 14.3 Å². The van der Waals surface area contributed by atoms with Crippen molar-refractivity contribution in [3.63, 3.8) is 0 Å². The summed E-state index contributed by atoms with van der Waals surface area (Å²) in [5, 5.41) is 12.5. The van der Waals surface area contributed by atoms with Crippen LogP contribution in [0.2, 0.25) is 0 Å². The lowest BCUT2D eigenvalue weighted by Gasteiger charge is -2.29. The number of aliphatic hydroxyl groups is 1. The molecule has 1 aromatic carbocycles. The molecule has 0 saturated carbocycles. The average molecular weight is 386 g/mol. The number of nitrogens with one attached hydrogen (secondary N) is 1. The van der Waals surface area contributed by atoms with Crippen LogP contribution < -0.4 is 5.32 Å². The number of amides is 1. The van der Waals surface area contributed by atoms with Gasteiger partial charge in [-0.15, -0.1) is 0 Å². The van der Waals surface area contributed by atoms with Crippen molar-refractivity contribution >= 4 is 22.7 Å². The molecule has 28 heavy (non-hydrogen) atoms. The molecular weight excluding hydrogens is 360 g/mol. The summed E-state index contributed by atoms with van der Waals surface area (Å²) in [6, 6.07) is 7.71. The Morgan fingerprint density at radius 3 is 2.82 bits per heavy atom. The molecule has 2 atom stereocenters. The van der Waals surface area contributed by atoms with Crippen LogP contribution in [0, 0.1) is 0 Å². The molecule has 7 nitrogen and oxygen atoms in total. The van der Waals surface area contributed by atoms with Crippen molar-refractivity contribution in [2.75, 3.05) is 20.3 Å². The molecule has 1 amide bonds. The van der Waals surface area contributed by atoms with Gasteiger partial charge in [0.2, 0.25) is 12.2 Å². The van der Waals surface area contributed by atoms with E-state index < -0.39 is 6.29 Å². The molecule has 2 N–H and O–H groups in total. The van der Waals surface area contributed by atoms with E-state index >= 15 is 0 Å². The molecule has 2 heterocycles. The zero-order valence-electron chi connectivity index (χ0n) is 16.2. The van der Waals surface area contributed by atoms with E-state index in [0.29, 0.717) is 25.9 Å². The second-order valence-electron chi connectivity index (χ2n) is 6.79. The van der Waals surface area contributed by atoms with Gasteiger partial charge in [-0.3, -0.25) is 14.2 Å². The third-order valence-electron chi connectivity index (χ3n) is 4.85. The van der Waals surface area contributed by atoms with E-state index in [4.69, 9.17) is 14.6 Å². The Kier molecular flexibility index (Phi) is 6.49. The first-order valence-corrected chi connectivity index (χ1v) is 9.49. The summed E-state index contributed by atoms with van der Waals surface area (Å²) >= 11 is 0. The van der Waals surface area contributed by atoms with Crippen LogP contribution in [0.5, 0.6) is 0 Å². The number of aromatic nitrogens is 1. The van der Waals surface area contributed by atoms with Crippen molar-refractivity contribution in [2.45, 2.75) is 38.4 Å². The number of aliphatic hydroxyl groups excluding tert-OH is 1. The van der Waals surface area contributed by atoms with E-state index in [9.17, 15) is 9.59 Å². The number of para-hydroxylation sites is 1. The number of hydrogen-bond acceptors (Lipinski definition) is 5. The number of carbonyl (C=O) groups is 2. The lowest BCUT2D eigenvalue weighted by molar-refractivity contribution is -0.146. The topological polar surface area (TPSA) is 89.8 Å². The zero-order chi connectivity index (χ0) is 20.1. The van der Waals surface area contributed by atoms with Crippen molar-refractivity contribution < 1.29 is 24.2 Å². The van der Waals surface area contributed by atoms with Gasteiger partial charge in [0.1, 0.15) is 0 Å². The van der Waals surface area contributed by atoms with E-state index in [-0.39, 0.29) is 30.1 Å². The van der Waals surface area contributed by atoms with Gasteiger partial charge in [-0.1, -0.05) is 18.2 Å². The van der Waals surface area contributed by atoms with Gasteiger partial charge >= 0.3 is 0 Å². The van der Waals surface area contributed by atoms with E-state index in [1.165, 1.54) is 6.92 Å². The van der Waals surface area contributed by atoms with Gasteiger partial charge in [0.25, 0.3) is 5.91 Å². The molecule has 2 aromatic rings. The molecule has 0 aliphatic carbocycles. The number of allylic oxidation sites excluding steroid dienone is 1. The summed E-state index contributed by atoms with van der Waals surface area (Å²) < 4.78 is 13.2. The Morgan fingerprint density at radius 2 is 2.11 bits per heavy atom. The first-order valence-electron chi connectivity index (χ1n) is 9.49. The molecule has 0 radical (unpaired) electrons. The van der Waals surface area contributed by atoms with E-state index in [2.05, 4.69) is 5.32 Å². The maximum absolute atomic E-state index is 12.2. The average Bonchev–Trinajstić information content (AvgIpc) is 3.10. The van der Waals surface area contributed by atoms with Crippen LogP contribution in [0.15, 0.2) is 42.3 Å². The van der Waals surface area contributed by atoms with Gasteiger partial charge in [0.15, 0.2) is 5.76 Å². The summed E-state index contributed by atoms with van der Waals surface area (Å²) in [6.07, 6.45) is 4.96. The number of ether oxygens (including phenoxy) is 2. The summed E-state index contributed by atoms with van der Waals surface area (Å²) in [5.41, 5.74) is 1.80. The molecule has 0 unspecified atom stereocenters. The summed E-state index contributed by atoms with van der Waals surface area (Å²) in [5.74, 6) is -0.300. The Hall–Kier alpha value is -2.64. The quantitative estimate of drug-likeness (QED) is 0.714. The fourth-order valence-electron chi connectivity index (χ4n) is 3.45. The molecule has 1 aliphatic rings. The highest BCUT2D eigenvalue weighted by Gasteiger charge is 2.30. The molecule has 0 fully saturated rings. The minimum absolute atomic E-state index is 0.0678. The van der Waals surface area contributed by atoms with E-state index in [1.54, 1.807) is 17.7 Å². The van der Waals surface area contributed by atoms with Crippen LogP contribution >= 0.6 is 0 Å². The Labute approximate surface area is 163 Å². The van der Waals surface area contributed by atoms with Crippen LogP contribution in [0.1, 0.15) is 42.5 Å². The third kappa shape index (κ3) is 4.26. The summed E-state index contributed by atoms with van der Waals surface area (Å²) in [4.78, 5) is 24.2. The van der Waals surface area contributed by atoms with Gasteiger partial charge in [-0.2, -0.15) is 0 Å².